The predicted octanol–water partition coefficient (Wildman–Crippen LogP) is 5.51. The van der Waals surface area contributed by atoms with E-state index < -0.39 is 0 Å². The summed E-state index contributed by atoms with van der Waals surface area (Å²) in [5.74, 6) is 0.666. The highest BCUT2D eigenvalue weighted by Gasteiger charge is 2.12. The molecule has 0 saturated carbocycles. The normalized spacial score (nSPS) is 11.0. The Balaban J connectivity index is 1.88. The molecule has 0 amide bonds. The van der Waals surface area contributed by atoms with Crippen molar-refractivity contribution in [2.45, 2.75) is 6.92 Å². The minimum atomic E-state index is -0.360. The molecule has 4 aromatic rings. The molecule has 0 bridgehead atoms. The average Bonchev–Trinajstić information content (AvgIpc) is 3.10. The standard InChI is InChI=1S/C21H16O3S/c1-13-5-3-4-6-15(13)19-9-10-20(25-19)17-12-21(22)24-18-11-14(23-2)7-8-16(17)18/h3-12H,1-2H3. The van der Waals surface area contributed by atoms with Gasteiger partial charge in [-0.15, -0.1) is 11.3 Å². The van der Waals surface area contributed by atoms with Crippen LogP contribution in [0.4, 0.5) is 0 Å². The monoisotopic (exact) mass is 348 g/mol. The Bertz CT molecular complexity index is 1120. The van der Waals surface area contributed by atoms with Crippen molar-refractivity contribution in [2.75, 3.05) is 7.11 Å². The quantitative estimate of drug-likeness (QED) is 0.459. The van der Waals surface area contributed by atoms with Crippen LogP contribution in [0.2, 0.25) is 0 Å². The summed E-state index contributed by atoms with van der Waals surface area (Å²) in [7, 11) is 1.59. The summed E-state index contributed by atoms with van der Waals surface area (Å²) < 4.78 is 10.6. The minimum Gasteiger partial charge on any atom is -0.497 e. The van der Waals surface area contributed by atoms with Crippen LogP contribution in [0.25, 0.3) is 31.9 Å². The number of methoxy groups -OCH3 is 1. The first kappa shape index (κ1) is 15.7. The number of thiophene rings is 1. The molecule has 4 heteroatoms. The van der Waals surface area contributed by atoms with Crippen LogP contribution < -0.4 is 10.4 Å². The molecule has 0 N–H and O–H groups in total. The van der Waals surface area contributed by atoms with Gasteiger partial charge in [-0.2, -0.15) is 0 Å². The second-order valence-electron chi connectivity index (χ2n) is 5.82. The molecule has 25 heavy (non-hydrogen) atoms. The van der Waals surface area contributed by atoms with Crippen molar-refractivity contribution in [3.05, 3.63) is 76.6 Å². The molecule has 0 saturated heterocycles. The van der Waals surface area contributed by atoms with Gasteiger partial charge in [0.05, 0.1) is 7.11 Å². The highest BCUT2D eigenvalue weighted by Crippen LogP contribution is 2.38. The number of aryl methyl sites for hydroxylation is 1. The van der Waals surface area contributed by atoms with E-state index in [1.807, 2.05) is 24.3 Å². The van der Waals surface area contributed by atoms with Crippen LogP contribution in [0.3, 0.4) is 0 Å². The molecule has 2 heterocycles. The Morgan fingerprint density at radius 3 is 2.44 bits per heavy atom. The maximum atomic E-state index is 12.0. The maximum Gasteiger partial charge on any atom is 0.336 e. The third-order valence-electron chi connectivity index (χ3n) is 4.23. The highest BCUT2D eigenvalue weighted by molar-refractivity contribution is 7.18. The number of fused-ring (bicyclic) bond motifs is 1. The van der Waals surface area contributed by atoms with Gasteiger partial charge in [0, 0.05) is 32.8 Å². The molecule has 2 aromatic heterocycles. The molecule has 0 aliphatic carbocycles. The van der Waals surface area contributed by atoms with E-state index >= 15 is 0 Å². The molecule has 0 fully saturated rings. The number of benzene rings is 2. The average molecular weight is 348 g/mol. The van der Waals surface area contributed by atoms with Gasteiger partial charge in [0.15, 0.2) is 0 Å². The van der Waals surface area contributed by atoms with Crippen molar-refractivity contribution in [2.24, 2.45) is 0 Å². The van der Waals surface area contributed by atoms with Crippen LogP contribution in [0.1, 0.15) is 5.56 Å². The van der Waals surface area contributed by atoms with Crippen LogP contribution in [0.15, 0.2) is 69.9 Å². The zero-order chi connectivity index (χ0) is 17.4. The van der Waals surface area contributed by atoms with Gasteiger partial charge in [0.25, 0.3) is 0 Å². The van der Waals surface area contributed by atoms with Gasteiger partial charge >= 0.3 is 5.63 Å². The Hall–Kier alpha value is -2.85. The smallest absolute Gasteiger partial charge is 0.336 e. The van der Waals surface area contributed by atoms with E-state index in [1.165, 1.54) is 16.0 Å². The van der Waals surface area contributed by atoms with Crippen molar-refractivity contribution >= 4 is 22.3 Å². The predicted molar refractivity (Wildman–Crippen MR) is 103 cm³/mol. The lowest BCUT2D eigenvalue weighted by Crippen LogP contribution is -1.97. The summed E-state index contributed by atoms with van der Waals surface area (Å²) >= 11 is 1.67. The van der Waals surface area contributed by atoms with Crippen molar-refractivity contribution in [3.63, 3.8) is 0 Å². The highest BCUT2D eigenvalue weighted by atomic mass is 32.1. The first-order chi connectivity index (χ1) is 12.2. The van der Waals surface area contributed by atoms with Crippen LogP contribution in [0, 0.1) is 6.92 Å². The molecule has 0 aliphatic rings. The van der Waals surface area contributed by atoms with Crippen LogP contribution in [-0.2, 0) is 0 Å². The molecule has 0 aliphatic heterocycles. The van der Waals surface area contributed by atoms with Gasteiger partial charge in [0.1, 0.15) is 11.3 Å². The molecule has 2 aromatic carbocycles. The summed E-state index contributed by atoms with van der Waals surface area (Å²) in [6.45, 7) is 2.10. The van der Waals surface area contributed by atoms with Crippen LogP contribution >= 0.6 is 11.3 Å². The van der Waals surface area contributed by atoms with Crippen LogP contribution in [-0.4, -0.2) is 7.11 Å². The van der Waals surface area contributed by atoms with Crippen molar-refractivity contribution < 1.29 is 9.15 Å². The van der Waals surface area contributed by atoms with Gasteiger partial charge < -0.3 is 9.15 Å². The summed E-state index contributed by atoms with van der Waals surface area (Å²) in [4.78, 5) is 14.2. The van der Waals surface area contributed by atoms with Gasteiger partial charge in [-0.3, -0.25) is 0 Å². The Kier molecular flexibility index (Phi) is 3.90. The van der Waals surface area contributed by atoms with E-state index in [4.69, 9.17) is 9.15 Å². The number of ether oxygens (including phenoxy) is 1. The first-order valence-corrected chi connectivity index (χ1v) is 8.75. The number of rotatable bonds is 3. The molecular weight excluding hydrogens is 332 g/mol. The van der Waals surface area contributed by atoms with E-state index in [-0.39, 0.29) is 5.63 Å². The molecular formula is C21H16O3S. The number of hydrogen-bond acceptors (Lipinski definition) is 4. The maximum absolute atomic E-state index is 12.0. The van der Waals surface area contributed by atoms with E-state index in [9.17, 15) is 4.79 Å². The third kappa shape index (κ3) is 2.85. The van der Waals surface area contributed by atoms with E-state index in [2.05, 4.69) is 31.2 Å². The number of hydrogen-bond donors (Lipinski definition) is 0. The lowest BCUT2D eigenvalue weighted by atomic mass is 10.1. The molecule has 0 radical (unpaired) electrons. The van der Waals surface area contributed by atoms with E-state index in [0.29, 0.717) is 11.3 Å². The molecule has 0 spiro atoms. The second kappa shape index (κ2) is 6.22. The fraction of sp³-hybridized carbons (Fsp3) is 0.0952. The zero-order valence-electron chi connectivity index (χ0n) is 13.9. The SMILES string of the molecule is COc1ccc2c(-c3ccc(-c4ccccc4C)s3)cc(=O)oc2c1. The summed E-state index contributed by atoms with van der Waals surface area (Å²) in [6.07, 6.45) is 0. The van der Waals surface area contributed by atoms with Crippen molar-refractivity contribution in [1.82, 2.24) is 0 Å². The van der Waals surface area contributed by atoms with Gasteiger partial charge in [-0.1, -0.05) is 24.3 Å². The van der Waals surface area contributed by atoms with E-state index in [1.54, 1.807) is 30.6 Å². The van der Waals surface area contributed by atoms with Gasteiger partial charge in [-0.05, 0) is 42.3 Å². The van der Waals surface area contributed by atoms with Crippen molar-refractivity contribution in [3.8, 4) is 26.6 Å². The topological polar surface area (TPSA) is 39.4 Å². The van der Waals surface area contributed by atoms with Crippen molar-refractivity contribution in [1.29, 1.82) is 0 Å². The summed E-state index contributed by atoms with van der Waals surface area (Å²) in [5.41, 5.74) is 3.51. The van der Waals surface area contributed by atoms with Gasteiger partial charge in [-0.25, -0.2) is 4.79 Å². The molecule has 124 valence electrons. The molecule has 0 unspecified atom stereocenters. The lowest BCUT2D eigenvalue weighted by Gasteiger charge is -2.05. The van der Waals surface area contributed by atoms with Crippen LogP contribution in [0.5, 0.6) is 5.75 Å². The second-order valence-corrected chi connectivity index (χ2v) is 6.90. The summed E-state index contributed by atoms with van der Waals surface area (Å²) in [5, 5.41) is 0.901. The first-order valence-electron chi connectivity index (χ1n) is 7.94. The largest absolute Gasteiger partial charge is 0.497 e. The Labute approximate surface area is 149 Å². The molecule has 3 nitrogen and oxygen atoms in total. The van der Waals surface area contributed by atoms with Gasteiger partial charge in [0.2, 0.25) is 0 Å². The fourth-order valence-electron chi connectivity index (χ4n) is 2.95. The fourth-order valence-corrected chi connectivity index (χ4v) is 4.08. The molecule has 4 rings (SSSR count). The molecule has 0 atom stereocenters. The van der Waals surface area contributed by atoms with E-state index in [0.717, 1.165) is 15.8 Å². The Morgan fingerprint density at radius 2 is 1.68 bits per heavy atom. The Morgan fingerprint density at radius 1 is 0.920 bits per heavy atom. The zero-order valence-corrected chi connectivity index (χ0v) is 14.7. The summed E-state index contributed by atoms with van der Waals surface area (Å²) in [6, 6.07) is 19.6. The third-order valence-corrected chi connectivity index (χ3v) is 5.39. The minimum absolute atomic E-state index is 0.360. The lowest BCUT2D eigenvalue weighted by molar-refractivity contribution is 0.414.